The number of hydrogen-bond donors (Lipinski definition) is 0. The zero-order chi connectivity index (χ0) is 15.0. The molecule has 4 heteroatoms. The van der Waals surface area contributed by atoms with E-state index in [-0.39, 0.29) is 5.78 Å². The fraction of sp³-hybridized carbons (Fsp3) is 0.562. The van der Waals surface area contributed by atoms with Gasteiger partial charge in [-0.3, -0.25) is 4.79 Å². The van der Waals surface area contributed by atoms with Gasteiger partial charge in [0.25, 0.3) is 0 Å². The largest absolute Gasteiger partial charge is 0.490 e. The summed E-state index contributed by atoms with van der Waals surface area (Å²) in [5.41, 5.74) is 0.739. The first-order valence-electron chi connectivity index (χ1n) is 7.14. The van der Waals surface area contributed by atoms with Crippen molar-refractivity contribution in [2.75, 3.05) is 13.2 Å². The van der Waals surface area contributed by atoms with Crippen molar-refractivity contribution < 1.29 is 14.3 Å². The molecule has 0 aliphatic rings. The molecule has 0 amide bonds. The summed E-state index contributed by atoms with van der Waals surface area (Å²) in [6.45, 7) is 6.76. The van der Waals surface area contributed by atoms with Crippen LogP contribution in [0.15, 0.2) is 18.2 Å². The van der Waals surface area contributed by atoms with Gasteiger partial charge < -0.3 is 9.47 Å². The summed E-state index contributed by atoms with van der Waals surface area (Å²) < 4.78 is 11.3. The van der Waals surface area contributed by atoms with Crippen LogP contribution in [0.1, 0.15) is 51.0 Å². The minimum atomic E-state index is -0.636. The van der Waals surface area contributed by atoms with Gasteiger partial charge in [0.05, 0.1) is 13.2 Å². The number of halogens is 1. The minimum absolute atomic E-state index is 0.0780. The first-order valence-corrected chi connectivity index (χ1v) is 7.57. The molecule has 0 bridgehead atoms. The molecule has 0 spiro atoms. The number of benzene rings is 1. The molecule has 1 rings (SSSR count). The van der Waals surface area contributed by atoms with E-state index in [2.05, 4.69) is 6.92 Å². The van der Waals surface area contributed by atoms with Crippen molar-refractivity contribution in [3.63, 3.8) is 0 Å². The number of carbonyl (C=O) groups excluding carboxylic acids is 1. The van der Waals surface area contributed by atoms with E-state index < -0.39 is 5.38 Å². The first kappa shape index (κ1) is 16.8. The van der Waals surface area contributed by atoms with Crippen LogP contribution in [0.4, 0.5) is 0 Å². The Bertz CT molecular complexity index is 432. The molecular formula is C16H23ClO3. The third-order valence-electron chi connectivity index (χ3n) is 2.92. The second kappa shape index (κ2) is 8.85. The fourth-order valence-electron chi connectivity index (χ4n) is 1.84. The second-order valence-electron chi connectivity index (χ2n) is 4.67. The van der Waals surface area contributed by atoms with Crippen molar-refractivity contribution in [1.29, 1.82) is 0 Å². The monoisotopic (exact) mass is 298 g/mol. The number of ketones is 1. The Hall–Kier alpha value is -1.22. The van der Waals surface area contributed by atoms with E-state index >= 15 is 0 Å². The average Bonchev–Trinajstić information content (AvgIpc) is 2.44. The molecule has 0 aliphatic heterocycles. The summed E-state index contributed by atoms with van der Waals surface area (Å²) in [4.78, 5) is 11.3. The summed E-state index contributed by atoms with van der Waals surface area (Å²) >= 11 is 6.07. The van der Waals surface area contributed by atoms with Crippen LogP contribution in [0.25, 0.3) is 0 Å². The number of rotatable bonds is 9. The number of unbranched alkanes of at least 4 members (excludes halogenated alkanes) is 2. The van der Waals surface area contributed by atoms with Crippen LogP contribution in [0.3, 0.4) is 0 Å². The van der Waals surface area contributed by atoms with Crippen molar-refractivity contribution in [3.8, 4) is 11.5 Å². The molecule has 1 aromatic rings. The SMILES string of the molecule is CCCCCOc1ccc(C(Cl)C(C)=O)cc1OCC. The highest BCUT2D eigenvalue weighted by Gasteiger charge is 2.16. The van der Waals surface area contributed by atoms with E-state index in [0.717, 1.165) is 24.8 Å². The van der Waals surface area contributed by atoms with Crippen LogP contribution in [0.2, 0.25) is 0 Å². The molecule has 0 radical (unpaired) electrons. The van der Waals surface area contributed by atoms with Gasteiger partial charge in [0.15, 0.2) is 17.3 Å². The summed E-state index contributed by atoms with van der Waals surface area (Å²) in [6, 6.07) is 5.43. The Morgan fingerprint density at radius 1 is 1.20 bits per heavy atom. The smallest absolute Gasteiger partial charge is 0.161 e. The Morgan fingerprint density at radius 3 is 2.55 bits per heavy atom. The van der Waals surface area contributed by atoms with Gasteiger partial charge in [-0.2, -0.15) is 0 Å². The van der Waals surface area contributed by atoms with Crippen LogP contribution in [-0.4, -0.2) is 19.0 Å². The number of carbonyl (C=O) groups is 1. The molecule has 0 aromatic heterocycles. The lowest BCUT2D eigenvalue weighted by molar-refractivity contribution is -0.116. The predicted octanol–water partition coefficient (Wildman–Crippen LogP) is 4.52. The molecule has 0 aliphatic carbocycles. The zero-order valence-electron chi connectivity index (χ0n) is 12.4. The number of ether oxygens (including phenoxy) is 2. The quantitative estimate of drug-likeness (QED) is 0.496. The molecule has 0 fully saturated rings. The van der Waals surface area contributed by atoms with Crippen molar-refractivity contribution in [1.82, 2.24) is 0 Å². The van der Waals surface area contributed by atoms with Crippen molar-refractivity contribution in [2.45, 2.75) is 45.4 Å². The van der Waals surface area contributed by atoms with Crippen molar-refractivity contribution >= 4 is 17.4 Å². The van der Waals surface area contributed by atoms with Gasteiger partial charge >= 0.3 is 0 Å². The molecule has 1 unspecified atom stereocenters. The molecule has 0 saturated heterocycles. The molecule has 3 nitrogen and oxygen atoms in total. The van der Waals surface area contributed by atoms with Gasteiger partial charge in [0.1, 0.15) is 5.38 Å². The van der Waals surface area contributed by atoms with Crippen molar-refractivity contribution in [2.24, 2.45) is 0 Å². The van der Waals surface area contributed by atoms with E-state index in [0.29, 0.717) is 24.7 Å². The Balaban J connectivity index is 2.81. The third kappa shape index (κ3) is 5.04. The summed E-state index contributed by atoms with van der Waals surface area (Å²) in [5.74, 6) is 1.28. The summed E-state index contributed by atoms with van der Waals surface area (Å²) in [6.07, 6.45) is 3.33. The topological polar surface area (TPSA) is 35.5 Å². The van der Waals surface area contributed by atoms with Crippen molar-refractivity contribution in [3.05, 3.63) is 23.8 Å². The molecule has 0 N–H and O–H groups in total. The number of hydrogen-bond acceptors (Lipinski definition) is 3. The van der Waals surface area contributed by atoms with Gasteiger partial charge in [0, 0.05) is 0 Å². The number of alkyl halides is 1. The first-order chi connectivity index (χ1) is 9.60. The van der Waals surface area contributed by atoms with Crippen LogP contribution in [0.5, 0.6) is 11.5 Å². The summed E-state index contributed by atoms with van der Waals surface area (Å²) in [7, 11) is 0. The highest BCUT2D eigenvalue weighted by molar-refractivity contribution is 6.30. The lowest BCUT2D eigenvalue weighted by Crippen LogP contribution is -2.05. The molecule has 1 atom stereocenters. The highest BCUT2D eigenvalue weighted by Crippen LogP contribution is 2.33. The minimum Gasteiger partial charge on any atom is -0.490 e. The van der Waals surface area contributed by atoms with E-state index in [1.807, 2.05) is 19.1 Å². The molecular weight excluding hydrogens is 276 g/mol. The molecule has 1 aromatic carbocycles. The number of Topliss-reactive ketones (excluding diaryl/α,β-unsaturated/α-hetero) is 1. The maximum atomic E-state index is 11.3. The molecule has 20 heavy (non-hydrogen) atoms. The fourth-order valence-corrected chi connectivity index (χ4v) is 1.97. The Morgan fingerprint density at radius 2 is 1.95 bits per heavy atom. The van der Waals surface area contributed by atoms with E-state index in [1.54, 1.807) is 6.07 Å². The molecule has 112 valence electrons. The third-order valence-corrected chi connectivity index (χ3v) is 3.48. The second-order valence-corrected chi connectivity index (χ2v) is 5.10. The van der Waals surface area contributed by atoms with Gasteiger partial charge in [-0.15, -0.1) is 11.6 Å². The molecule has 0 saturated carbocycles. The predicted molar refractivity (Wildman–Crippen MR) is 81.9 cm³/mol. The van der Waals surface area contributed by atoms with E-state index in [4.69, 9.17) is 21.1 Å². The van der Waals surface area contributed by atoms with Crippen LogP contribution in [-0.2, 0) is 4.79 Å². The zero-order valence-corrected chi connectivity index (χ0v) is 13.2. The standard InChI is InChI=1S/C16H23ClO3/c1-4-6-7-10-20-14-9-8-13(16(17)12(3)18)11-15(14)19-5-2/h8-9,11,16H,4-7,10H2,1-3H3. The lowest BCUT2D eigenvalue weighted by Gasteiger charge is -2.14. The van der Waals surface area contributed by atoms with Crippen LogP contribution < -0.4 is 9.47 Å². The van der Waals surface area contributed by atoms with Crippen LogP contribution in [0, 0.1) is 0 Å². The Labute approximate surface area is 126 Å². The molecule has 0 heterocycles. The van der Waals surface area contributed by atoms with Gasteiger partial charge in [-0.1, -0.05) is 25.8 Å². The maximum Gasteiger partial charge on any atom is 0.161 e. The normalized spacial score (nSPS) is 12.0. The highest BCUT2D eigenvalue weighted by atomic mass is 35.5. The Kier molecular flexibility index (Phi) is 7.45. The van der Waals surface area contributed by atoms with E-state index in [1.165, 1.54) is 6.92 Å². The van der Waals surface area contributed by atoms with Gasteiger partial charge in [0.2, 0.25) is 0 Å². The van der Waals surface area contributed by atoms with Gasteiger partial charge in [-0.25, -0.2) is 0 Å². The maximum absolute atomic E-state index is 11.3. The summed E-state index contributed by atoms with van der Waals surface area (Å²) in [5, 5.41) is -0.636. The van der Waals surface area contributed by atoms with E-state index in [9.17, 15) is 4.79 Å². The van der Waals surface area contributed by atoms with Gasteiger partial charge in [-0.05, 0) is 38.0 Å². The van der Waals surface area contributed by atoms with Crippen LogP contribution >= 0.6 is 11.6 Å². The average molecular weight is 299 g/mol. The lowest BCUT2D eigenvalue weighted by atomic mass is 10.1.